The number of β-amino-alcohol motifs (C(OH)–C–C–N with tert-alkyl or cyclic N) is 1. The van der Waals surface area contributed by atoms with Crippen LogP contribution in [0.3, 0.4) is 0 Å². The number of rotatable bonds is 4. The molecule has 1 atom stereocenters. The van der Waals surface area contributed by atoms with Gasteiger partial charge in [-0.1, -0.05) is 0 Å². The minimum absolute atomic E-state index is 0.231. The third-order valence-corrected chi connectivity index (χ3v) is 3.25. The van der Waals surface area contributed by atoms with E-state index < -0.39 is 0 Å². The van der Waals surface area contributed by atoms with Gasteiger partial charge in [0, 0.05) is 32.3 Å². The fourth-order valence-electron chi connectivity index (χ4n) is 2.34. The van der Waals surface area contributed by atoms with E-state index in [2.05, 4.69) is 20.2 Å². The maximum absolute atomic E-state index is 8.98. The Morgan fingerprint density at radius 3 is 3.18 bits per heavy atom. The molecule has 1 aromatic heterocycles. The number of nitrogens with zero attached hydrogens (tertiary/aromatic N) is 3. The first-order valence-corrected chi connectivity index (χ1v) is 6.16. The molecule has 1 saturated heterocycles. The second kappa shape index (κ2) is 5.93. The number of hydrogen-bond acceptors (Lipinski definition) is 5. The number of aliphatic hydroxyl groups is 1. The Labute approximate surface area is 102 Å². The predicted octanol–water partition coefficient (Wildman–Crippen LogP) is 0.690. The Bertz CT molecular complexity index is 356. The lowest BCUT2D eigenvalue weighted by atomic mass is 9.95. The standard InChI is InChI=1S/C12H20N4O/c1-13-12-8-14-7-11(15-12)10-3-2-4-16(9-10)5-6-17/h7-8,10,17H,2-6,9H2,1H3,(H,13,15)/t10-/m0/s1. The van der Waals surface area contributed by atoms with Gasteiger partial charge in [-0.2, -0.15) is 0 Å². The Kier molecular flexibility index (Phi) is 4.28. The van der Waals surface area contributed by atoms with Gasteiger partial charge in [0.25, 0.3) is 0 Å². The molecule has 0 aromatic carbocycles. The molecule has 0 saturated carbocycles. The van der Waals surface area contributed by atoms with E-state index in [1.54, 1.807) is 6.20 Å². The number of aliphatic hydroxyl groups excluding tert-OH is 1. The fourth-order valence-corrected chi connectivity index (χ4v) is 2.34. The first kappa shape index (κ1) is 12.3. The van der Waals surface area contributed by atoms with Crippen molar-refractivity contribution in [2.24, 2.45) is 0 Å². The molecule has 1 fully saturated rings. The summed E-state index contributed by atoms with van der Waals surface area (Å²) in [6.45, 7) is 3.04. The Morgan fingerprint density at radius 1 is 1.53 bits per heavy atom. The maximum atomic E-state index is 8.98. The summed E-state index contributed by atoms with van der Waals surface area (Å²) in [5.74, 6) is 1.26. The molecule has 1 aliphatic heterocycles. The van der Waals surface area contributed by atoms with Gasteiger partial charge in [-0.25, -0.2) is 4.98 Å². The van der Waals surface area contributed by atoms with Crippen LogP contribution < -0.4 is 5.32 Å². The van der Waals surface area contributed by atoms with Crippen LogP contribution in [0.25, 0.3) is 0 Å². The molecule has 5 heteroatoms. The third kappa shape index (κ3) is 3.14. The van der Waals surface area contributed by atoms with E-state index >= 15 is 0 Å². The molecule has 94 valence electrons. The van der Waals surface area contributed by atoms with Crippen molar-refractivity contribution in [3.05, 3.63) is 18.1 Å². The second-order valence-electron chi connectivity index (χ2n) is 4.44. The van der Waals surface area contributed by atoms with Gasteiger partial charge >= 0.3 is 0 Å². The van der Waals surface area contributed by atoms with E-state index in [-0.39, 0.29) is 6.61 Å². The summed E-state index contributed by atoms with van der Waals surface area (Å²) >= 11 is 0. The van der Waals surface area contributed by atoms with Crippen molar-refractivity contribution >= 4 is 5.82 Å². The summed E-state index contributed by atoms with van der Waals surface area (Å²) in [6.07, 6.45) is 5.91. The largest absolute Gasteiger partial charge is 0.395 e. The van der Waals surface area contributed by atoms with Gasteiger partial charge in [0.2, 0.25) is 0 Å². The summed E-state index contributed by atoms with van der Waals surface area (Å²) in [5.41, 5.74) is 1.06. The molecule has 2 heterocycles. The second-order valence-corrected chi connectivity index (χ2v) is 4.44. The highest BCUT2D eigenvalue weighted by Crippen LogP contribution is 2.25. The SMILES string of the molecule is CNc1cncc([C@H]2CCCN(CCO)C2)n1. The summed E-state index contributed by atoms with van der Waals surface area (Å²) in [6, 6.07) is 0. The number of nitrogens with one attached hydrogen (secondary N) is 1. The zero-order valence-electron chi connectivity index (χ0n) is 10.3. The number of hydrogen-bond donors (Lipinski definition) is 2. The average Bonchev–Trinajstić information content (AvgIpc) is 2.40. The average molecular weight is 236 g/mol. The highest BCUT2D eigenvalue weighted by Gasteiger charge is 2.22. The molecule has 0 spiro atoms. The van der Waals surface area contributed by atoms with Crippen molar-refractivity contribution in [3.63, 3.8) is 0 Å². The molecule has 1 aliphatic rings. The van der Waals surface area contributed by atoms with Crippen LogP contribution >= 0.6 is 0 Å². The molecule has 0 unspecified atom stereocenters. The topological polar surface area (TPSA) is 61.3 Å². The molecule has 0 amide bonds. The predicted molar refractivity (Wildman–Crippen MR) is 67.1 cm³/mol. The minimum Gasteiger partial charge on any atom is -0.395 e. The van der Waals surface area contributed by atoms with Crippen molar-refractivity contribution in [2.75, 3.05) is 38.6 Å². The zero-order valence-corrected chi connectivity index (χ0v) is 10.3. The van der Waals surface area contributed by atoms with Gasteiger partial charge in [-0.15, -0.1) is 0 Å². The molecule has 0 bridgehead atoms. The Balaban J connectivity index is 2.05. The monoisotopic (exact) mass is 236 g/mol. The zero-order chi connectivity index (χ0) is 12.1. The van der Waals surface area contributed by atoms with E-state index in [0.29, 0.717) is 5.92 Å². The van der Waals surface area contributed by atoms with E-state index in [9.17, 15) is 0 Å². The highest BCUT2D eigenvalue weighted by molar-refractivity contribution is 5.31. The molecule has 0 aliphatic carbocycles. The normalized spacial score (nSPS) is 21.4. The van der Waals surface area contributed by atoms with Crippen molar-refractivity contribution in [1.29, 1.82) is 0 Å². The summed E-state index contributed by atoms with van der Waals surface area (Å²) in [7, 11) is 1.85. The van der Waals surface area contributed by atoms with Crippen LogP contribution in [-0.4, -0.2) is 53.3 Å². The van der Waals surface area contributed by atoms with Gasteiger partial charge in [-0.3, -0.25) is 4.98 Å². The number of aromatic nitrogens is 2. The molecule has 2 rings (SSSR count). The van der Waals surface area contributed by atoms with E-state index in [1.807, 2.05) is 13.2 Å². The van der Waals surface area contributed by atoms with E-state index in [0.717, 1.165) is 44.0 Å². The molecular formula is C12H20N4O. The number of likely N-dealkylation sites (tertiary alicyclic amines) is 1. The van der Waals surface area contributed by atoms with E-state index in [4.69, 9.17) is 5.11 Å². The van der Waals surface area contributed by atoms with Crippen molar-refractivity contribution < 1.29 is 5.11 Å². The van der Waals surface area contributed by atoms with E-state index in [1.165, 1.54) is 0 Å². The van der Waals surface area contributed by atoms with Crippen LogP contribution in [0.4, 0.5) is 5.82 Å². The molecular weight excluding hydrogens is 216 g/mol. The van der Waals surface area contributed by atoms with Gasteiger partial charge in [0.1, 0.15) is 5.82 Å². The third-order valence-electron chi connectivity index (χ3n) is 3.25. The van der Waals surface area contributed by atoms with Gasteiger partial charge in [-0.05, 0) is 19.4 Å². The quantitative estimate of drug-likeness (QED) is 0.805. The van der Waals surface area contributed by atoms with Crippen molar-refractivity contribution in [3.8, 4) is 0 Å². The summed E-state index contributed by atoms with van der Waals surface area (Å²) in [5, 5.41) is 12.0. The van der Waals surface area contributed by atoms with Crippen LogP contribution in [-0.2, 0) is 0 Å². The lowest BCUT2D eigenvalue weighted by Gasteiger charge is -2.31. The summed E-state index contributed by atoms with van der Waals surface area (Å²) in [4.78, 5) is 11.0. The van der Waals surface area contributed by atoms with Crippen molar-refractivity contribution in [1.82, 2.24) is 14.9 Å². The van der Waals surface area contributed by atoms with Gasteiger partial charge in [0.05, 0.1) is 18.5 Å². The van der Waals surface area contributed by atoms with Crippen LogP contribution in [0.5, 0.6) is 0 Å². The van der Waals surface area contributed by atoms with Crippen LogP contribution in [0, 0.1) is 0 Å². The molecule has 2 N–H and O–H groups in total. The molecule has 17 heavy (non-hydrogen) atoms. The van der Waals surface area contributed by atoms with Crippen LogP contribution in [0.1, 0.15) is 24.5 Å². The van der Waals surface area contributed by atoms with Gasteiger partial charge < -0.3 is 15.3 Å². The first-order chi connectivity index (χ1) is 8.33. The Morgan fingerprint density at radius 2 is 2.41 bits per heavy atom. The smallest absolute Gasteiger partial charge is 0.144 e. The minimum atomic E-state index is 0.231. The van der Waals surface area contributed by atoms with Gasteiger partial charge in [0.15, 0.2) is 0 Å². The Hall–Kier alpha value is -1.20. The first-order valence-electron chi connectivity index (χ1n) is 6.16. The van der Waals surface area contributed by atoms with Crippen LogP contribution in [0.15, 0.2) is 12.4 Å². The lowest BCUT2D eigenvalue weighted by Crippen LogP contribution is -2.36. The highest BCUT2D eigenvalue weighted by atomic mass is 16.3. The summed E-state index contributed by atoms with van der Waals surface area (Å²) < 4.78 is 0. The molecule has 5 nitrogen and oxygen atoms in total. The molecule has 0 radical (unpaired) electrons. The van der Waals surface area contributed by atoms with Crippen molar-refractivity contribution in [2.45, 2.75) is 18.8 Å². The fraction of sp³-hybridized carbons (Fsp3) is 0.667. The number of piperidine rings is 1. The lowest BCUT2D eigenvalue weighted by molar-refractivity contribution is 0.160. The van der Waals surface area contributed by atoms with Crippen LogP contribution in [0.2, 0.25) is 0 Å². The number of anilines is 1. The molecule has 1 aromatic rings. The maximum Gasteiger partial charge on any atom is 0.144 e.